The Labute approximate surface area is 270 Å². The van der Waals surface area contributed by atoms with Crippen LogP contribution in [-0.2, 0) is 15.9 Å². The van der Waals surface area contributed by atoms with Crippen molar-refractivity contribution in [2.24, 2.45) is 0 Å². The average Bonchev–Trinajstić information content (AvgIpc) is 3.19. The smallest absolute Gasteiger partial charge is 0.262 e. The zero-order valence-corrected chi connectivity index (χ0v) is 27.2. The van der Waals surface area contributed by atoms with Gasteiger partial charge in [-0.1, -0.05) is 49.2 Å². The van der Waals surface area contributed by atoms with E-state index in [-0.39, 0.29) is 11.8 Å². The highest BCUT2D eigenvalue weighted by atomic mass is 35.5. The van der Waals surface area contributed by atoms with E-state index >= 15 is 0 Å². The Balaban J connectivity index is 1.51. The normalized spacial score (nSPS) is 16.5. The predicted octanol–water partition coefficient (Wildman–Crippen LogP) is 6.87. The number of methoxy groups -OCH3 is 1. The number of halogens is 2. The molecular weight excluding hydrogens is 599 g/mol. The van der Waals surface area contributed by atoms with Crippen molar-refractivity contribution in [2.75, 3.05) is 56.7 Å². The van der Waals surface area contributed by atoms with Crippen molar-refractivity contribution in [1.29, 1.82) is 0 Å². The average molecular weight is 642 g/mol. The first kappa shape index (κ1) is 33.9. The molecule has 3 aromatic rings. The molecule has 2 N–H and O–H groups in total. The molecule has 0 aliphatic carbocycles. The Kier molecular flexibility index (Phi) is 12.6. The maximum atomic E-state index is 14.3. The number of anilines is 2. The molecule has 3 aromatic carbocycles. The van der Waals surface area contributed by atoms with Crippen molar-refractivity contribution >= 4 is 46.4 Å². The van der Waals surface area contributed by atoms with Crippen molar-refractivity contribution in [3.8, 4) is 0 Å². The number of ether oxygens (including phenoxy) is 2. The molecule has 1 aliphatic rings. The number of benzene rings is 3. The standard InChI is InChI=1S/C34H42Cl2N4O4/c1-4-39(5-2)22-9-20-37-21-23-44-34(43-3)19-8-10-26-24-27(35)15-18-31(26)40(34)33(42)25-13-16-28(17-14-25)38-32(41)29-11-6-7-12-30(29)36/h6-7,11-18,24,37H,4-5,8-10,19-23H2,1-3H3,(H,38,41). The number of nitrogens with one attached hydrogen (secondary N) is 2. The highest BCUT2D eigenvalue weighted by Gasteiger charge is 2.45. The number of amides is 2. The first-order valence-electron chi connectivity index (χ1n) is 15.2. The van der Waals surface area contributed by atoms with Gasteiger partial charge in [-0.3, -0.25) is 14.5 Å². The number of hydrogen-bond donors (Lipinski definition) is 2. The number of nitrogens with zero attached hydrogens (tertiary/aromatic N) is 2. The van der Waals surface area contributed by atoms with Crippen LogP contribution in [0, 0.1) is 0 Å². The van der Waals surface area contributed by atoms with E-state index < -0.39 is 5.91 Å². The van der Waals surface area contributed by atoms with E-state index in [1.165, 1.54) is 0 Å². The van der Waals surface area contributed by atoms with Crippen LogP contribution < -0.4 is 15.5 Å². The third-order valence-electron chi connectivity index (χ3n) is 7.92. The summed E-state index contributed by atoms with van der Waals surface area (Å²) in [5.74, 6) is -1.93. The zero-order valence-electron chi connectivity index (χ0n) is 25.7. The van der Waals surface area contributed by atoms with E-state index in [0.29, 0.717) is 52.1 Å². The molecule has 1 atom stereocenters. The van der Waals surface area contributed by atoms with Gasteiger partial charge in [0, 0.05) is 36.3 Å². The molecule has 4 rings (SSSR count). The number of aryl methyl sites for hydroxylation is 1. The van der Waals surface area contributed by atoms with Crippen molar-refractivity contribution in [3.63, 3.8) is 0 Å². The molecule has 1 heterocycles. The number of hydrogen-bond acceptors (Lipinski definition) is 6. The molecule has 236 valence electrons. The first-order valence-corrected chi connectivity index (χ1v) is 16.0. The summed E-state index contributed by atoms with van der Waals surface area (Å²) in [7, 11) is 1.58. The van der Waals surface area contributed by atoms with Crippen LogP contribution >= 0.6 is 23.2 Å². The maximum Gasteiger partial charge on any atom is 0.262 e. The van der Waals surface area contributed by atoms with E-state index in [0.717, 1.165) is 51.0 Å². The third-order valence-corrected chi connectivity index (χ3v) is 8.49. The predicted molar refractivity (Wildman–Crippen MR) is 178 cm³/mol. The minimum atomic E-state index is -1.31. The topological polar surface area (TPSA) is 83.1 Å². The van der Waals surface area contributed by atoms with Gasteiger partial charge in [-0.15, -0.1) is 0 Å². The summed E-state index contributed by atoms with van der Waals surface area (Å²) >= 11 is 12.5. The molecule has 10 heteroatoms. The van der Waals surface area contributed by atoms with Gasteiger partial charge in [-0.25, -0.2) is 0 Å². The van der Waals surface area contributed by atoms with Gasteiger partial charge < -0.3 is 25.0 Å². The van der Waals surface area contributed by atoms with E-state index in [2.05, 4.69) is 29.4 Å². The van der Waals surface area contributed by atoms with Gasteiger partial charge in [-0.05, 0) is 106 Å². The second-order valence-electron chi connectivity index (χ2n) is 10.7. The molecule has 2 amide bonds. The quantitative estimate of drug-likeness (QED) is 0.148. The molecular formula is C34H42Cl2N4O4. The Morgan fingerprint density at radius 3 is 2.45 bits per heavy atom. The van der Waals surface area contributed by atoms with Gasteiger partial charge >= 0.3 is 0 Å². The van der Waals surface area contributed by atoms with E-state index in [9.17, 15) is 9.59 Å². The summed E-state index contributed by atoms with van der Waals surface area (Å²) in [5.41, 5.74) is 2.97. The van der Waals surface area contributed by atoms with Crippen LogP contribution in [0.4, 0.5) is 11.4 Å². The molecule has 0 spiro atoms. The molecule has 0 radical (unpaired) electrons. The fourth-order valence-corrected chi connectivity index (χ4v) is 5.88. The van der Waals surface area contributed by atoms with Crippen LogP contribution in [0.15, 0.2) is 66.7 Å². The minimum Gasteiger partial charge on any atom is -0.336 e. The van der Waals surface area contributed by atoms with Crippen molar-refractivity contribution in [2.45, 2.75) is 45.4 Å². The monoisotopic (exact) mass is 640 g/mol. The molecule has 0 saturated heterocycles. The summed E-state index contributed by atoms with van der Waals surface area (Å²) in [6.45, 7) is 9.36. The van der Waals surface area contributed by atoms with Crippen LogP contribution in [-0.4, -0.2) is 69.1 Å². The molecule has 44 heavy (non-hydrogen) atoms. The van der Waals surface area contributed by atoms with Crippen LogP contribution in [0.25, 0.3) is 0 Å². The third kappa shape index (κ3) is 8.38. The molecule has 0 fully saturated rings. The lowest BCUT2D eigenvalue weighted by Gasteiger charge is -2.41. The number of carbonyl (C=O) groups excluding carboxylic acids is 2. The van der Waals surface area contributed by atoms with Gasteiger partial charge in [0.15, 0.2) is 0 Å². The van der Waals surface area contributed by atoms with Crippen molar-refractivity contribution in [3.05, 3.63) is 93.5 Å². The van der Waals surface area contributed by atoms with Gasteiger partial charge in [0.1, 0.15) is 0 Å². The molecule has 1 unspecified atom stereocenters. The van der Waals surface area contributed by atoms with Gasteiger partial charge in [0.05, 0.1) is 22.9 Å². The van der Waals surface area contributed by atoms with E-state index in [1.807, 2.05) is 12.1 Å². The number of fused-ring (bicyclic) bond motifs is 1. The fraction of sp³-hybridized carbons (Fsp3) is 0.412. The number of carbonyl (C=O) groups is 2. The van der Waals surface area contributed by atoms with Crippen LogP contribution in [0.1, 0.15) is 59.4 Å². The van der Waals surface area contributed by atoms with Crippen molar-refractivity contribution < 1.29 is 19.1 Å². The lowest BCUT2D eigenvalue weighted by atomic mass is 10.1. The van der Waals surface area contributed by atoms with Crippen LogP contribution in [0.3, 0.4) is 0 Å². The SMILES string of the molecule is CCN(CC)CCCNCCOC1(OC)CCCc2cc(Cl)ccc2N1C(=O)c1ccc(NC(=O)c2ccccc2Cl)cc1. The molecule has 0 saturated carbocycles. The van der Waals surface area contributed by atoms with Crippen molar-refractivity contribution in [1.82, 2.24) is 10.2 Å². The highest BCUT2D eigenvalue weighted by Crippen LogP contribution is 2.39. The maximum absolute atomic E-state index is 14.3. The Bertz CT molecular complexity index is 1400. The summed E-state index contributed by atoms with van der Waals surface area (Å²) in [6, 6.07) is 19.1. The van der Waals surface area contributed by atoms with E-state index in [4.69, 9.17) is 32.7 Å². The van der Waals surface area contributed by atoms with Gasteiger partial charge in [0.2, 0.25) is 0 Å². The first-order chi connectivity index (χ1) is 21.3. The molecule has 0 aromatic heterocycles. The fourth-order valence-electron chi connectivity index (χ4n) is 5.47. The summed E-state index contributed by atoms with van der Waals surface area (Å²) in [6.07, 6.45) is 3.00. The summed E-state index contributed by atoms with van der Waals surface area (Å²) < 4.78 is 12.5. The van der Waals surface area contributed by atoms with Gasteiger partial charge in [0.25, 0.3) is 17.7 Å². The Morgan fingerprint density at radius 1 is 1.00 bits per heavy atom. The largest absolute Gasteiger partial charge is 0.336 e. The summed E-state index contributed by atoms with van der Waals surface area (Å²) in [5, 5.41) is 7.27. The van der Waals surface area contributed by atoms with Gasteiger partial charge in [-0.2, -0.15) is 0 Å². The summed E-state index contributed by atoms with van der Waals surface area (Å²) in [4.78, 5) is 31.0. The second-order valence-corrected chi connectivity index (χ2v) is 11.5. The molecule has 8 nitrogen and oxygen atoms in total. The minimum absolute atomic E-state index is 0.284. The van der Waals surface area contributed by atoms with E-state index in [1.54, 1.807) is 66.6 Å². The second kappa shape index (κ2) is 16.4. The van der Waals surface area contributed by atoms with Crippen LogP contribution in [0.2, 0.25) is 10.0 Å². The molecule has 0 bridgehead atoms. The molecule has 1 aliphatic heterocycles. The Hall–Kier alpha value is -2.98. The Morgan fingerprint density at radius 2 is 1.75 bits per heavy atom. The number of rotatable bonds is 14. The lowest BCUT2D eigenvalue weighted by Crippen LogP contribution is -2.56. The lowest BCUT2D eigenvalue weighted by molar-refractivity contribution is -0.220. The van der Waals surface area contributed by atoms with Crippen LogP contribution in [0.5, 0.6) is 0 Å². The zero-order chi connectivity index (χ0) is 31.5. The highest BCUT2D eigenvalue weighted by molar-refractivity contribution is 6.34.